The summed E-state index contributed by atoms with van der Waals surface area (Å²) in [6, 6.07) is 4.72. The average molecular weight is 619 g/mol. The van der Waals surface area contributed by atoms with Crippen molar-refractivity contribution in [2.45, 2.75) is 37.4 Å². The molecule has 0 amide bonds. The Labute approximate surface area is 249 Å². The standard InChI is InChI=1S/C27H34N6O11/c1-3-6-32-21-16(11-18(28)31-24(21)35)33(27(32)37)25-23-22(17(13-34)42-25)43-20(44-23)14-38-7-9-40-41-10-8-39-26(36)15-4-5-19(29-2)30-12-15/h3-5,11-12,17,20,22-23,25,34H,1,6-10,13-14H2,2H3,(H,29,30)(H3,28,31,35)/t17-,20?,22-,23-,25-/m1/s1. The van der Waals surface area contributed by atoms with Crippen LogP contribution in [-0.4, -0.2) is 101 Å². The topological polar surface area (TPSA) is 213 Å². The minimum Gasteiger partial charge on any atom is -0.459 e. The van der Waals surface area contributed by atoms with Crippen LogP contribution in [0.4, 0.5) is 11.6 Å². The molecular formula is C27H34N6O11. The molecule has 5 N–H and O–H groups in total. The van der Waals surface area contributed by atoms with Crippen molar-refractivity contribution in [3.05, 3.63) is 63.5 Å². The highest BCUT2D eigenvalue weighted by Crippen LogP contribution is 2.40. The van der Waals surface area contributed by atoms with Gasteiger partial charge in [-0.1, -0.05) is 6.08 Å². The summed E-state index contributed by atoms with van der Waals surface area (Å²) in [6.45, 7) is 3.55. The molecule has 0 bridgehead atoms. The summed E-state index contributed by atoms with van der Waals surface area (Å²) in [5.74, 6) is 0.164. The van der Waals surface area contributed by atoms with Crippen molar-refractivity contribution in [3.8, 4) is 0 Å². The molecule has 17 nitrogen and oxygen atoms in total. The van der Waals surface area contributed by atoms with Crippen molar-refractivity contribution in [2.75, 3.05) is 57.7 Å². The molecule has 0 aliphatic carbocycles. The lowest BCUT2D eigenvalue weighted by Gasteiger charge is -2.20. The molecule has 238 valence electrons. The molecule has 2 fully saturated rings. The lowest BCUT2D eigenvalue weighted by Crippen LogP contribution is -2.34. The molecule has 2 saturated heterocycles. The van der Waals surface area contributed by atoms with Crippen LogP contribution in [0.5, 0.6) is 0 Å². The number of imidazole rings is 1. The molecule has 0 saturated carbocycles. The number of carbonyl (C=O) groups excluding carboxylic acids is 1. The van der Waals surface area contributed by atoms with Crippen LogP contribution in [0.25, 0.3) is 11.0 Å². The van der Waals surface area contributed by atoms with E-state index in [1.165, 1.54) is 27.5 Å². The van der Waals surface area contributed by atoms with Crippen LogP contribution in [0.3, 0.4) is 0 Å². The van der Waals surface area contributed by atoms with E-state index >= 15 is 0 Å². The zero-order chi connectivity index (χ0) is 31.2. The van der Waals surface area contributed by atoms with Crippen molar-refractivity contribution in [2.24, 2.45) is 0 Å². The molecular weight excluding hydrogens is 584 g/mol. The average Bonchev–Trinajstić information content (AvgIpc) is 3.66. The van der Waals surface area contributed by atoms with Gasteiger partial charge in [0.25, 0.3) is 5.56 Å². The van der Waals surface area contributed by atoms with E-state index in [0.29, 0.717) is 11.4 Å². The second-order valence-electron chi connectivity index (χ2n) is 9.76. The Morgan fingerprint density at radius 1 is 1.18 bits per heavy atom. The van der Waals surface area contributed by atoms with Crippen molar-refractivity contribution in [1.29, 1.82) is 0 Å². The van der Waals surface area contributed by atoms with Gasteiger partial charge in [0.15, 0.2) is 12.5 Å². The van der Waals surface area contributed by atoms with Crippen molar-refractivity contribution in [1.82, 2.24) is 19.1 Å². The molecule has 1 unspecified atom stereocenters. The zero-order valence-corrected chi connectivity index (χ0v) is 23.9. The fraction of sp³-hybridized carbons (Fsp3) is 0.481. The fourth-order valence-corrected chi connectivity index (χ4v) is 5.01. The summed E-state index contributed by atoms with van der Waals surface area (Å²) in [5.41, 5.74) is 5.46. The van der Waals surface area contributed by atoms with Gasteiger partial charge in [-0.15, -0.1) is 6.58 Å². The number of anilines is 2. The van der Waals surface area contributed by atoms with Gasteiger partial charge in [-0.05, 0) is 12.1 Å². The summed E-state index contributed by atoms with van der Waals surface area (Å²) >= 11 is 0. The molecule has 17 heteroatoms. The molecule has 5 atom stereocenters. The first kappa shape index (κ1) is 31.3. The normalized spacial score (nSPS) is 22.7. The molecule has 0 aromatic carbocycles. The summed E-state index contributed by atoms with van der Waals surface area (Å²) in [4.78, 5) is 54.7. The Morgan fingerprint density at radius 3 is 2.66 bits per heavy atom. The lowest BCUT2D eigenvalue weighted by molar-refractivity contribution is -0.303. The van der Waals surface area contributed by atoms with Gasteiger partial charge in [0.1, 0.15) is 55.3 Å². The van der Waals surface area contributed by atoms with Crippen LogP contribution in [0.1, 0.15) is 16.6 Å². The number of nitrogens with two attached hydrogens (primary N) is 1. The fourth-order valence-electron chi connectivity index (χ4n) is 5.01. The smallest absolute Gasteiger partial charge is 0.339 e. The van der Waals surface area contributed by atoms with Crippen LogP contribution in [-0.2, 0) is 40.0 Å². The third-order valence-corrected chi connectivity index (χ3v) is 6.93. The number of allylic oxidation sites excluding steroid dienone is 1. The number of aliphatic hydroxyl groups excluding tert-OH is 1. The summed E-state index contributed by atoms with van der Waals surface area (Å²) in [5, 5.41) is 12.8. The first-order valence-corrected chi connectivity index (χ1v) is 13.8. The lowest BCUT2D eigenvalue weighted by atomic mass is 10.1. The van der Waals surface area contributed by atoms with Gasteiger partial charge < -0.3 is 44.8 Å². The molecule has 2 aliphatic rings. The number of rotatable bonds is 15. The Kier molecular flexibility index (Phi) is 10.1. The number of hydrogen-bond acceptors (Lipinski definition) is 14. The molecule has 44 heavy (non-hydrogen) atoms. The van der Waals surface area contributed by atoms with Crippen LogP contribution in [0.15, 0.2) is 46.6 Å². The number of aromatic nitrogens is 4. The Bertz CT molecular complexity index is 1570. The maximum Gasteiger partial charge on any atom is 0.339 e. The molecule has 0 radical (unpaired) electrons. The van der Waals surface area contributed by atoms with Crippen LogP contribution < -0.4 is 22.3 Å². The van der Waals surface area contributed by atoms with Gasteiger partial charge in [0, 0.05) is 25.9 Å². The monoisotopic (exact) mass is 618 g/mol. The third-order valence-electron chi connectivity index (χ3n) is 6.93. The van der Waals surface area contributed by atoms with E-state index in [4.69, 9.17) is 39.2 Å². The highest BCUT2D eigenvalue weighted by atomic mass is 17.2. The van der Waals surface area contributed by atoms with E-state index < -0.39 is 54.7 Å². The van der Waals surface area contributed by atoms with E-state index in [0.717, 1.165) is 0 Å². The van der Waals surface area contributed by atoms with E-state index in [1.807, 2.05) is 0 Å². The Hall–Kier alpha value is -4.10. The largest absolute Gasteiger partial charge is 0.459 e. The SMILES string of the molecule is C=CCn1c(=O)n([C@@H]2O[C@H](CO)[C@H]3OC(COCCOOCCOC(=O)c4ccc(NC)nc4)O[C@H]32)c2cc(N)[nH]c(=O)c21. The number of pyridine rings is 2. The number of fused-ring (bicyclic) bond motifs is 2. The van der Waals surface area contributed by atoms with E-state index in [1.54, 1.807) is 19.2 Å². The number of nitrogens with one attached hydrogen (secondary N) is 2. The van der Waals surface area contributed by atoms with Gasteiger partial charge in [-0.2, -0.15) is 0 Å². The highest BCUT2D eigenvalue weighted by Gasteiger charge is 2.54. The van der Waals surface area contributed by atoms with Gasteiger partial charge in [0.2, 0.25) is 0 Å². The molecule has 0 spiro atoms. The minimum absolute atomic E-state index is 0.00993. The quantitative estimate of drug-likeness (QED) is 0.0557. The van der Waals surface area contributed by atoms with Gasteiger partial charge in [0.05, 0.1) is 30.9 Å². The predicted octanol–water partition coefficient (Wildman–Crippen LogP) is -0.482. The molecule has 5 rings (SSSR count). The van der Waals surface area contributed by atoms with Crippen LogP contribution in [0.2, 0.25) is 0 Å². The molecule has 3 aromatic rings. The van der Waals surface area contributed by atoms with E-state index in [2.05, 4.69) is 21.9 Å². The first-order chi connectivity index (χ1) is 21.4. The number of H-pyrrole nitrogens is 1. The minimum atomic E-state index is -1.01. The Morgan fingerprint density at radius 2 is 1.95 bits per heavy atom. The summed E-state index contributed by atoms with van der Waals surface area (Å²) in [6.07, 6.45) is -1.23. The van der Waals surface area contributed by atoms with Crippen LogP contribution in [0, 0.1) is 0 Å². The summed E-state index contributed by atoms with van der Waals surface area (Å²) in [7, 11) is 1.72. The van der Waals surface area contributed by atoms with Crippen molar-refractivity contribution < 1.29 is 43.4 Å². The van der Waals surface area contributed by atoms with Crippen molar-refractivity contribution >= 4 is 28.6 Å². The van der Waals surface area contributed by atoms with Gasteiger partial charge >= 0.3 is 11.7 Å². The number of aromatic amines is 1. The van der Waals surface area contributed by atoms with Gasteiger partial charge in [-0.3, -0.25) is 13.9 Å². The first-order valence-electron chi connectivity index (χ1n) is 13.8. The molecule has 2 aliphatic heterocycles. The maximum absolute atomic E-state index is 13.4. The number of nitrogens with zero attached hydrogens (tertiary/aromatic N) is 3. The van der Waals surface area contributed by atoms with Gasteiger partial charge in [-0.25, -0.2) is 24.3 Å². The second kappa shape index (κ2) is 14.1. The summed E-state index contributed by atoms with van der Waals surface area (Å²) < 4.78 is 31.1. The highest BCUT2D eigenvalue weighted by molar-refractivity contribution is 5.89. The van der Waals surface area contributed by atoms with E-state index in [9.17, 15) is 19.5 Å². The molecule has 5 heterocycles. The Balaban J connectivity index is 1.09. The van der Waals surface area contributed by atoms with Crippen LogP contribution >= 0.6 is 0 Å². The number of hydrogen-bond donors (Lipinski definition) is 4. The second-order valence-corrected chi connectivity index (χ2v) is 9.76. The number of carbonyl (C=O) groups is 1. The number of esters is 1. The predicted molar refractivity (Wildman–Crippen MR) is 153 cm³/mol. The molecule has 3 aromatic heterocycles. The number of ether oxygens (including phenoxy) is 5. The number of nitrogen functional groups attached to an aromatic ring is 1. The maximum atomic E-state index is 13.4. The zero-order valence-electron chi connectivity index (χ0n) is 23.9. The number of aliphatic hydroxyl groups is 1. The van der Waals surface area contributed by atoms with Crippen molar-refractivity contribution in [3.63, 3.8) is 0 Å². The third kappa shape index (κ3) is 6.53. The van der Waals surface area contributed by atoms with E-state index in [-0.39, 0.29) is 56.4 Å².